The fourth-order valence-electron chi connectivity index (χ4n) is 4.35. The average molecular weight is 576 g/mol. The molecule has 0 spiro atoms. The van der Waals surface area contributed by atoms with Crippen molar-refractivity contribution in [2.45, 2.75) is 23.9 Å². The van der Waals surface area contributed by atoms with Crippen molar-refractivity contribution in [3.8, 4) is 0 Å². The number of carbonyl (C=O) groups is 2. The van der Waals surface area contributed by atoms with E-state index in [1.807, 2.05) is 30.3 Å². The normalized spacial score (nSPS) is 11.8. The number of likely N-dealkylation sites (N-methyl/N-ethyl adjacent to an activating group) is 1. The topological polar surface area (TPSA) is 86.8 Å². The van der Waals surface area contributed by atoms with Crippen LogP contribution in [0.4, 0.5) is 5.69 Å². The molecule has 1 N–H and O–H groups in total. The van der Waals surface area contributed by atoms with Crippen LogP contribution in [0.25, 0.3) is 0 Å². The Morgan fingerprint density at radius 2 is 1.32 bits per heavy atom. The Hall–Kier alpha value is -4.14. The monoisotopic (exact) mass is 575 g/mol. The first kappa shape index (κ1) is 28.9. The van der Waals surface area contributed by atoms with Crippen molar-refractivity contribution in [3.63, 3.8) is 0 Å². The summed E-state index contributed by atoms with van der Waals surface area (Å²) in [5.41, 5.74) is 1.95. The Balaban J connectivity index is 1.76. The van der Waals surface area contributed by atoms with Crippen LogP contribution in [0.5, 0.6) is 0 Å². The van der Waals surface area contributed by atoms with Gasteiger partial charge in [-0.3, -0.25) is 13.9 Å². The number of anilines is 1. The molecule has 4 aromatic rings. The summed E-state index contributed by atoms with van der Waals surface area (Å²) in [6.07, 6.45) is 0.247. The van der Waals surface area contributed by atoms with Gasteiger partial charge in [-0.15, -0.1) is 0 Å². The minimum Gasteiger partial charge on any atom is -0.357 e. The summed E-state index contributed by atoms with van der Waals surface area (Å²) in [5.74, 6) is -0.883. The van der Waals surface area contributed by atoms with Crippen molar-refractivity contribution in [2.24, 2.45) is 0 Å². The molecule has 0 aromatic heterocycles. The van der Waals surface area contributed by atoms with Gasteiger partial charge in [0.25, 0.3) is 10.0 Å². The van der Waals surface area contributed by atoms with Crippen molar-refractivity contribution in [2.75, 3.05) is 17.9 Å². The molecule has 1 atom stereocenters. The lowest BCUT2D eigenvalue weighted by atomic mass is 10.0. The smallest absolute Gasteiger partial charge is 0.264 e. The minimum atomic E-state index is -4.10. The summed E-state index contributed by atoms with van der Waals surface area (Å²) in [7, 11) is -2.59. The van der Waals surface area contributed by atoms with Crippen LogP contribution >= 0.6 is 11.6 Å². The number of para-hydroxylation sites is 1. The van der Waals surface area contributed by atoms with Gasteiger partial charge in [0.05, 0.1) is 10.6 Å². The molecule has 0 aliphatic heterocycles. The van der Waals surface area contributed by atoms with Crippen LogP contribution in [0.3, 0.4) is 0 Å². The van der Waals surface area contributed by atoms with Crippen molar-refractivity contribution >= 4 is 39.1 Å². The molecule has 206 valence electrons. The molecular weight excluding hydrogens is 546 g/mol. The molecule has 7 nitrogen and oxygen atoms in total. The zero-order valence-electron chi connectivity index (χ0n) is 22.0. The second-order valence-corrected chi connectivity index (χ2v) is 11.4. The van der Waals surface area contributed by atoms with Crippen LogP contribution in [0, 0.1) is 0 Å². The summed E-state index contributed by atoms with van der Waals surface area (Å²) in [6.45, 7) is -0.425. The lowest BCUT2D eigenvalue weighted by Crippen LogP contribution is -2.53. The molecule has 0 aliphatic carbocycles. The third kappa shape index (κ3) is 7.08. The largest absolute Gasteiger partial charge is 0.357 e. The van der Waals surface area contributed by atoms with Crippen LogP contribution in [-0.2, 0) is 32.6 Å². The fraction of sp³-hybridized carbons (Fsp3) is 0.161. The highest BCUT2D eigenvalue weighted by Gasteiger charge is 2.34. The van der Waals surface area contributed by atoms with E-state index in [4.69, 9.17) is 11.6 Å². The van der Waals surface area contributed by atoms with Crippen molar-refractivity contribution in [1.29, 1.82) is 0 Å². The van der Waals surface area contributed by atoms with Crippen LogP contribution in [0.15, 0.2) is 120 Å². The molecule has 0 fully saturated rings. The van der Waals surface area contributed by atoms with Gasteiger partial charge >= 0.3 is 0 Å². The van der Waals surface area contributed by atoms with Crippen LogP contribution in [0.2, 0.25) is 5.02 Å². The Morgan fingerprint density at radius 3 is 1.90 bits per heavy atom. The summed E-state index contributed by atoms with van der Waals surface area (Å²) in [4.78, 5) is 28.9. The van der Waals surface area contributed by atoms with E-state index >= 15 is 0 Å². The van der Waals surface area contributed by atoms with Gasteiger partial charge in [0.2, 0.25) is 11.8 Å². The van der Waals surface area contributed by atoms with Gasteiger partial charge in [-0.05, 0) is 47.5 Å². The third-order valence-electron chi connectivity index (χ3n) is 6.44. The van der Waals surface area contributed by atoms with E-state index in [-0.39, 0.29) is 23.8 Å². The van der Waals surface area contributed by atoms with E-state index in [1.165, 1.54) is 24.1 Å². The lowest BCUT2D eigenvalue weighted by molar-refractivity contribution is -0.139. The zero-order valence-corrected chi connectivity index (χ0v) is 23.6. The maximum Gasteiger partial charge on any atom is 0.264 e. The van der Waals surface area contributed by atoms with E-state index in [2.05, 4.69) is 5.32 Å². The predicted molar refractivity (Wildman–Crippen MR) is 157 cm³/mol. The second kappa shape index (κ2) is 13.3. The summed E-state index contributed by atoms with van der Waals surface area (Å²) in [5, 5.41) is 3.21. The molecule has 0 saturated carbocycles. The summed E-state index contributed by atoms with van der Waals surface area (Å²) < 4.78 is 28.7. The van der Waals surface area contributed by atoms with E-state index in [0.717, 1.165) is 15.4 Å². The second-order valence-electron chi connectivity index (χ2n) is 9.13. The molecule has 0 unspecified atom stereocenters. The maximum absolute atomic E-state index is 14.1. The van der Waals surface area contributed by atoms with Gasteiger partial charge < -0.3 is 10.2 Å². The first-order chi connectivity index (χ1) is 19.3. The molecule has 4 rings (SSSR count). The highest BCUT2D eigenvalue weighted by Crippen LogP contribution is 2.25. The number of sulfonamides is 1. The van der Waals surface area contributed by atoms with Crippen LogP contribution in [-0.4, -0.2) is 44.8 Å². The summed E-state index contributed by atoms with van der Waals surface area (Å²) >= 11 is 6.08. The Bertz CT molecular complexity index is 1520. The van der Waals surface area contributed by atoms with Crippen molar-refractivity contribution in [1.82, 2.24) is 10.2 Å². The highest BCUT2D eigenvalue weighted by atomic mass is 35.5. The van der Waals surface area contributed by atoms with E-state index < -0.39 is 28.5 Å². The molecule has 0 aliphatic rings. The van der Waals surface area contributed by atoms with Crippen molar-refractivity contribution < 1.29 is 18.0 Å². The quantitative estimate of drug-likeness (QED) is 0.275. The predicted octanol–water partition coefficient (Wildman–Crippen LogP) is 4.92. The van der Waals surface area contributed by atoms with Gasteiger partial charge in [-0.1, -0.05) is 90.5 Å². The number of rotatable bonds is 11. The van der Waals surface area contributed by atoms with E-state index in [0.29, 0.717) is 10.7 Å². The number of hydrogen-bond donors (Lipinski definition) is 1. The molecule has 9 heteroatoms. The molecule has 4 aromatic carbocycles. The van der Waals surface area contributed by atoms with Crippen LogP contribution < -0.4 is 9.62 Å². The molecular formula is C31H30ClN3O4S. The Labute approximate surface area is 240 Å². The molecule has 0 saturated heterocycles. The Morgan fingerprint density at radius 1 is 0.775 bits per heavy atom. The molecule has 40 heavy (non-hydrogen) atoms. The third-order valence-corrected chi connectivity index (χ3v) is 8.48. The van der Waals surface area contributed by atoms with Gasteiger partial charge in [0.15, 0.2) is 0 Å². The van der Waals surface area contributed by atoms with E-state index in [9.17, 15) is 18.0 Å². The van der Waals surface area contributed by atoms with Crippen LogP contribution in [0.1, 0.15) is 11.1 Å². The summed E-state index contributed by atoms with van der Waals surface area (Å²) in [6, 6.07) is 31.9. The lowest BCUT2D eigenvalue weighted by Gasteiger charge is -2.33. The molecule has 0 bridgehead atoms. The Kier molecular flexibility index (Phi) is 9.58. The average Bonchev–Trinajstić information content (AvgIpc) is 2.99. The molecule has 2 amide bonds. The van der Waals surface area contributed by atoms with Gasteiger partial charge in [-0.2, -0.15) is 0 Å². The zero-order chi connectivity index (χ0) is 28.5. The SMILES string of the molecule is CNC(=O)[C@@H](Cc1ccccc1)N(Cc1ccc(Cl)cc1)C(=O)CN(c1ccccc1)S(=O)(=O)c1ccccc1. The number of hydrogen-bond acceptors (Lipinski definition) is 4. The van der Waals surface area contributed by atoms with Gasteiger partial charge in [-0.25, -0.2) is 8.42 Å². The van der Waals surface area contributed by atoms with E-state index in [1.54, 1.807) is 72.8 Å². The number of carbonyl (C=O) groups excluding carboxylic acids is 2. The number of amides is 2. The minimum absolute atomic E-state index is 0.0584. The maximum atomic E-state index is 14.1. The van der Waals surface area contributed by atoms with Gasteiger partial charge in [0.1, 0.15) is 12.6 Å². The number of nitrogens with zero attached hydrogens (tertiary/aromatic N) is 2. The first-order valence-corrected chi connectivity index (χ1v) is 14.5. The first-order valence-electron chi connectivity index (χ1n) is 12.7. The standard InChI is InChI=1S/C31H30ClN3O4S/c1-33-31(37)29(21-24-11-5-2-6-12-24)34(22-25-17-19-26(32)20-18-25)30(36)23-35(27-13-7-3-8-14-27)40(38,39)28-15-9-4-10-16-28/h2-20,29H,21-23H2,1H3,(H,33,37)/t29-/m1/s1. The molecule has 0 heterocycles. The van der Waals surface area contributed by atoms with Gasteiger partial charge in [0, 0.05) is 25.0 Å². The number of halogens is 1. The molecule has 0 radical (unpaired) electrons. The fourth-order valence-corrected chi connectivity index (χ4v) is 5.91. The highest BCUT2D eigenvalue weighted by molar-refractivity contribution is 7.92. The number of nitrogens with one attached hydrogen (secondary N) is 1. The van der Waals surface area contributed by atoms with Crippen molar-refractivity contribution in [3.05, 3.63) is 131 Å². The number of benzene rings is 4.